The third-order valence-electron chi connectivity index (χ3n) is 7.39. The molecule has 0 unspecified atom stereocenters. The van der Waals surface area contributed by atoms with E-state index in [-0.39, 0.29) is 37.5 Å². The van der Waals surface area contributed by atoms with Crippen LogP contribution in [-0.4, -0.2) is 47.7 Å². The average molecular weight is 494 g/mol. The summed E-state index contributed by atoms with van der Waals surface area (Å²) < 4.78 is 17.6. The van der Waals surface area contributed by atoms with E-state index >= 15 is 0 Å². The van der Waals surface area contributed by atoms with Crippen LogP contribution in [0.3, 0.4) is 0 Å². The van der Waals surface area contributed by atoms with Gasteiger partial charge >= 0.3 is 12.1 Å². The van der Waals surface area contributed by atoms with Gasteiger partial charge in [0.2, 0.25) is 5.91 Å². The van der Waals surface area contributed by atoms with Gasteiger partial charge in [-0.25, -0.2) is 14.5 Å². The topological polar surface area (TPSA) is 82.1 Å². The lowest BCUT2D eigenvalue weighted by atomic mass is 9.73. The van der Waals surface area contributed by atoms with Crippen molar-refractivity contribution in [1.82, 2.24) is 4.90 Å². The number of benzene rings is 2. The van der Waals surface area contributed by atoms with Crippen LogP contribution < -0.4 is 0 Å². The van der Waals surface area contributed by atoms with Crippen molar-refractivity contribution in [3.05, 3.63) is 71.8 Å². The quantitative estimate of drug-likeness (QED) is 0.484. The highest BCUT2D eigenvalue weighted by atomic mass is 16.6. The second-order valence-electron chi connectivity index (χ2n) is 9.86. The molecule has 0 aliphatic carbocycles. The molecule has 36 heavy (non-hydrogen) atoms. The van der Waals surface area contributed by atoms with Crippen molar-refractivity contribution in [3.8, 4) is 0 Å². The predicted octanol–water partition coefficient (Wildman–Crippen LogP) is 4.95. The van der Waals surface area contributed by atoms with Crippen molar-refractivity contribution < 1.29 is 28.6 Å². The molecule has 192 valence electrons. The summed E-state index contributed by atoms with van der Waals surface area (Å²) in [5.74, 6) is -2.11. The van der Waals surface area contributed by atoms with Gasteiger partial charge in [-0.3, -0.25) is 4.79 Å². The summed E-state index contributed by atoms with van der Waals surface area (Å²) in [5, 5.41) is 0. The summed E-state index contributed by atoms with van der Waals surface area (Å²) in [5.41, 5.74) is 0.302. The van der Waals surface area contributed by atoms with Gasteiger partial charge < -0.3 is 14.2 Å². The Labute approximate surface area is 212 Å². The SMILES string of the molecule is CCOC(=O)[C@@]1(Cc2ccccc2)O[C@@H](c2ccccc2)[C@@H](C(=O)N2C(=O)OC[C@@H]2C(C)C)[C@@H]1CC. The number of cyclic esters (lactones) is 1. The van der Waals surface area contributed by atoms with E-state index in [1.165, 1.54) is 4.90 Å². The van der Waals surface area contributed by atoms with E-state index in [2.05, 4.69) is 0 Å². The lowest BCUT2D eigenvalue weighted by Crippen LogP contribution is -2.51. The maximum absolute atomic E-state index is 14.2. The van der Waals surface area contributed by atoms with Gasteiger partial charge in [-0.1, -0.05) is 81.4 Å². The molecular formula is C29H35NO6. The standard InChI is InChI=1S/C29H35NO6/c1-5-22-24(26(31)30-23(19(3)4)18-35-28(30)33)25(21-15-11-8-12-16-21)36-29(22,27(32)34-6-2)17-20-13-9-7-10-14-20/h7-16,19,22-25H,5-6,17-18H2,1-4H3/t22-,23+,24-,25-,29-/m0/s1. The molecule has 4 rings (SSSR count). The maximum Gasteiger partial charge on any atom is 0.416 e. The van der Waals surface area contributed by atoms with Crippen LogP contribution in [0.5, 0.6) is 0 Å². The highest BCUT2D eigenvalue weighted by Gasteiger charge is 2.63. The Morgan fingerprint density at radius 1 is 1.06 bits per heavy atom. The van der Waals surface area contributed by atoms with E-state index in [0.29, 0.717) is 6.42 Å². The zero-order chi connectivity index (χ0) is 25.9. The van der Waals surface area contributed by atoms with Gasteiger partial charge in [0, 0.05) is 12.3 Å². The van der Waals surface area contributed by atoms with Gasteiger partial charge in [0.15, 0.2) is 5.60 Å². The number of amides is 2. The Kier molecular flexibility index (Phi) is 7.79. The zero-order valence-corrected chi connectivity index (χ0v) is 21.4. The van der Waals surface area contributed by atoms with Crippen LogP contribution in [0.1, 0.15) is 51.3 Å². The molecule has 2 amide bonds. The van der Waals surface area contributed by atoms with Gasteiger partial charge in [-0.05, 0) is 30.4 Å². The molecule has 2 fully saturated rings. The Morgan fingerprint density at radius 2 is 1.69 bits per heavy atom. The van der Waals surface area contributed by atoms with Crippen LogP contribution in [0.25, 0.3) is 0 Å². The van der Waals surface area contributed by atoms with Crippen molar-refractivity contribution in [2.45, 2.75) is 58.3 Å². The van der Waals surface area contributed by atoms with Crippen molar-refractivity contribution in [1.29, 1.82) is 0 Å². The summed E-state index contributed by atoms with van der Waals surface area (Å²) in [4.78, 5) is 41.9. The van der Waals surface area contributed by atoms with Gasteiger partial charge in [-0.2, -0.15) is 0 Å². The van der Waals surface area contributed by atoms with E-state index in [1.54, 1.807) is 6.92 Å². The lowest BCUT2D eigenvalue weighted by Gasteiger charge is -2.34. The number of ether oxygens (including phenoxy) is 3. The number of carbonyl (C=O) groups is 3. The molecular weight excluding hydrogens is 458 g/mol. The fraction of sp³-hybridized carbons (Fsp3) is 0.483. The van der Waals surface area contributed by atoms with Crippen molar-refractivity contribution in [2.75, 3.05) is 13.2 Å². The Morgan fingerprint density at radius 3 is 2.28 bits per heavy atom. The van der Waals surface area contributed by atoms with Crippen LogP contribution in [0.4, 0.5) is 4.79 Å². The molecule has 2 saturated heterocycles. The minimum Gasteiger partial charge on any atom is -0.464 e. The molecule has 0 N–H and O–H groups in total. The Hall–Kier alpha value is -3.19. The molecule has 0 aromatic heterocycles. The summed E-state index contributed by atoms with van der Waals surface area (Å²) >= 11 is 0. The van der Waals surface area contributed by atoms with Crippen molar-refractivity contribution in [2.24, 2.45) is 17.8 Å². The number of hydrogen-bond acceptors (Lipinski definition) is 6. The normalized spacial score (nSPS) is 27.8. The number of rotatable bonds is 8. The third kappa shape index (κ3) is 4.64. The molecule has 7 nitrogen and oxygen atoms in total. The van der Waals surface area contributed by atoms with Crippen LogP contribution >= 0.6 is 0 Å². The summed E-state index contributed by atoms with van der Waals surface area (Å²) in [7, 11) is 0. The second-order valence-corrected chi connectivity index (χ2v) is 9.86. The largest absolute Gasteiger partial charge is 0.464 e. The highest BCUT2D eigenvalue weighted by molar-refractivity contribution is 5.96. The van der Waals surface area contributed by atoms with Gasteiger partial charge in [-0.15, -0.1) is 0 Å². The fourth-order valence-electron chi connectivity index (χ4n) is 5.63. The van der Waals surface area contributed by atoms with Crippen LogP contribution in [0.15, 0.2) is 60.7 Å². The van der Waals surface area contributed by atoms with E-state index in [1.807, 2.05) is 81.4 Å². The number of imide groups is 1. The molecule has 2 aromatic carbocycles. The first-order valence-electron chi connectivity index (χ1n) is 12.8. The van der Waals surface area contributed by atoms with Gasteiger partial charge in [0.25, 0.3) is 0 Å². The summed E-state index contributed by atoms with van der Waals surface area (Å²) in [6, 6.07) is 18.7. The van der Waals surface area contributed by atoms with E-state index in [0.717, 1.165) is 11.1 Å². The monoisotopic (exact) mass is 493 g/mol. The highest BCUT2D eigenvalue weighted by Crippen LogP contribution is 2.53. The number of esters is 1. The van der Waals surface area contributed by atoms with Crippen molar-refractivity contribution >= 4 is 18.0 Å². The number of hydrogen-bond donors (Lipinski definition) is 0. The molecule has 0 radical (unpaired) electrons. The first kappa shape index (κ1) is 25.9. The molecule has 0 bridgehead atoms. The Bertz CT molecular complexity index is 1070. The second kappa shape index (κ2) is 10.8. The van der Waals surface area contributed by atoms with Crippen molar-refractivity contribution in [3.63, 3.8) is 0 Å². The molecule has 2 aliphatic rings. The third-order valence-corrected chi connectivity index (χ3v) is 7.39. The molecule has 7 heteroatoms. The number of carbonyl (C=O) groups excluding carboxylic acids is 3. The predicted molar refractivity (Wildman–Crippen MR) is 134 cm³/mol. The van der Waals surface area contributed by atoms with E-state index in [9.17, 15) is 14.4 Å². The minimum absolute atomic E-state index is 0.0251. The first-order valence-corrected chi connectivity index (χ1v) is 12.8. The first-order chi connectivity index (χ1) is 17.3. The minimum atomic E-state index is -1.39. The van der Waals surface area contributed by atoms with Gasteiger partial charge in [0.1, 0.15) is 6.61 Å². The summed E-state index contributed by atoms with van der Waals surface area (Å²) in [6.07, 6.45) is -0.619. The lowest BCUT2D eigenvalue weighted by molar-refractivity contribution is -0.175. The van der Waals surface area contributed by atoms with Crippen LogP contribution in [0, 0.1) is 17.8 Å². The molecule has 2 aromatic rings. The fourth-order valence-corrected chi connectivity index (χ4v) is 5.63. The van der Waals surface area contributed by atoms with E-state index in [4.69, 9.17) is 14.2 Å². The molecule has 2 heterocycles. The van der Waals surface area contributed by atoms with Crippen LogP contribution in [-0.2, 0) is 30.2 Å². The zero-order valence-electron chi connectivity index (χ0n) is 21.4. The smallest absolute Gasteiger partial charge is 0.416 e. The van der Waals surface area contributed by atoms with E-state index < -0.39 is 35.6 Å². The molecule has 0 saturated carbocycles. The molecule has 2 aliphatic heterocycles. The van der Waals surface area contributed by atoms with Gasteiger partial charge in [0.05, 0.1) is 24.7 Å². The molecule has 5 atom stereocenters. The maximum atomic E-state index is 14.2. The van der Waals surface area contributed by atoms with Crippen LogP contribution in [0.2, 0.25) is 0 Å². The summed E-state index contributed by atoms with van der Waals surface area (Å²) in [6.45, 7) is 7.98. The number of nitrogens with zero attached hydrogens (tertiary/aromatic N) is 1. The average Bonchev–Trinajstić information content (AvgIpc) is 3.43. The molecule has 0 spiro atoms. The Balaban J connectivity index is 1.84.